The van der Waals surface area contributed by atoms with E-state index in [9.17, 15) is 0 Å². The predicted molar refractivity (Wildman–Crippen MR) is 124 cm³/mol. The van der Waals surface area contributed by atoms with Gasteiger partial charge >= 0.3 is 0 Å². The Morgan fingerprint density at radius 3 is 2.62 bits per heavy atom. The van der Waals surface area contributed by atoms with Gasteiger partial charge in [0.25, 0.3) is 0 Å². The zero-order valence-electron chi connectivity index (χ0n) is 18.1. The molecule has 0 amide bonds. The normalized spacial score (nSPS) is 18.1. The van der Waals surface area contributed by atoms with E-state index in [1.54, 1.807) is 0 Å². The van der Waals surface area contributed by atoms with Gasteiger partial charge < -0.3 is 9.64 Å². The quantitative estimate of drug-likeness (QED) is 0.412. The van der Waals surface area contributed by atoms with Crippen LogP contribution in [0.4, 0.5) is 5.69 Å². The van der Waals surface area contributed by atoms with E-state index >= 15 is 0 Å². The Balaban J connectivity index is 1.83. The highest BCUT2D eigenvalue weighted by atomic mass is 16.5. The highest BCUT2D eigenvalue weighted by molar-refractivity contribution is 5.96. The number of likely N-dealkylation sites (tertiary alicyclic amines) is 1. The van der Waals surface area contributed by atoms with Gasteiger partial charge in [0.05, 0.1) is 11.8 Å². The first-order valence-electron chi connectivity index (χ1n) is 10.8. The third kappa shape index (κ3) is 6.04. The number of hydrogen-bond acceptors (Lipinski definition) is 3. The lowest BCUT2D eigenvalue weighted by Gasteiger charge is -2.32. The van der Waals surface area contributed by atoms with Gasteiger partial charge in [-0.15, -0.1) is 0 Å². The van der Waals surface area contributed by atoms with Crippen LogP contribution < -0.4 is 0 Å². The summed E-state index contributed by atoms with van der Waals surface area (Å²) in [6, 6.07) is 17.4. The maximum atomic E-state index is 6.10. The molecule has 29 heavy (non-hydrogen) atoms. The molecule has 2 aromatic rings. The van der Waals surface area contributed by atoms with Crippen LogP contribution in [0.3, 0.4) is 0 Å². The van der Waals surface area contributed by atoms with E-state index < -0.39 is 0 Å². The summed E-state index contributed by atoms with van der Waals surface area (Å²) < 4.78 is 6.10. The van der Waals surface area contributed by atoms with E-state index in [1.165, 1.54) is 37.8 Å². The van der Waals surface area contributed by atoms with Gasteiger partial charge in [-0.3, -0.25) is 0 Å². The second-order valence-electron chi connectivity index (χ2n) is 8.21. The Morgan fingerprint density at radius 1 is 1.17 bits per heavy atom. The largest absolute Gasteiger partial charge is 0.475 e. The van der Waals surface area contributed by atoms with Gasteiger partial charge in [-0.2, -0.15) is 0 Å². The summed E-state index contributed by atoms with van der Waals surface area (Å²) >= 11 is 0. The van der Waals surface area contributed by atoms with Gasteiger partial charge in [-0.1, -0.05) is 49.4 Å². The van der Waals surface area contributed by atoms with E-state index in [4.69, 9.17) is 9.73 Å². The molecule has 1 fully saturated rings. The van der Waals surface area contributed by atoms with Gasteiger partial charge in [0, 0.05) is 11.6 Å². The first-order valence-corrected chi connectivity index (χ1v) is 10.8. The molecule has 3 nitrogen and oxygen atoms in total. The second kappa shape index (κ2) is 10.4. The third-order valence-corrected chi connectivity index (χ3v) is 5.62. The maximum absolute atomic E-state index is 6.10. The summed E-state index contributed by atoms with van der Waals surface area (Å²) in [5, 5.41) is 0. The van der Waals surface area contributed by atoms with Crippen LogP contribution in [0, 0.1) is 0 Å². The van der Waals surface area contributed by atoms with Crippen molar-refractivity contribution in [1.82, 2.24) is 4.90 Å². The fourth-order valence-corrected chi connectivity index (χ4v) is 3.92. The summed E-state index contributed by atoms with van der Waals surface area (Å²) in [4.78, 5) is 7.48. The van der Waals surface area contributed by atoms with Crippen LogP contribution in [0.25, 0.3) is 6.08 Å². The van der Waals surface area contributed by atoms with Crippen LogP contribution in [0.1, 0.15) is 56.2 Å². The lowest BCUT2D eigenvalue weighted by Crippen LogP contribution is -2.36. The number of aliphatic imine (C=N–C) groups is 1. The Labute approximate surface area is 176 Å². The monoisotopic (exact) mass is 390 g/mol. The number of ether oxygens (including phenoxy) is 1. The molecule has 3 heteroatoms. The minimum Gasteiger partial charge on any atom is -0.475 e. The summed E-state index contributed by atoms with van der Waals surface area (Å²) in [5.74, 6) is 0.679. The molecule has 0 N–H and O–H groups in total. The fraction of sp³-hybridized carbons (Fsp3) is 0.423. The minimum absolute atomic E-state index is 0.0656. The molecule has 3 rings (SSSR count). The first kappa shape index (κ1) is 21.3. The molecule has 1 unspecified atom stereocenters. The zero-order chi connectivity index (χ0) is 20.6. The lowest BCUT2D eigenvalue weighted by atomic mass is 9.96. The fourth-order valence-electron chi connectivity index (χ4n) is 3.92. The van der Waals surface area contributed by atoms with E-state index in [2.05, 4.69) is 54.9 Å². The number of hydrogen-bond donors (Lipinski definition) is 0. The van der Waals surface area contributed by atoms with Crippen molar-refractivity contribution in [2.24, 2.45) is 4.99 Å². The Hall–Kier alpha value is -2.39. The van der Waals surface area contributed by atoms with Crippen molar-refractivity contribution in [3.05, 3.63) is 71.8 Å². The molecule has 1 aliphatic rings. The summed E-state index contributed by atoms with van der Waals surface area (Å²) in [6.07, 6.45) is 8.11. The van der Waals surface area contributed by atoms with Crippen molar-refractivity contribution in [3.63, 3.8) is 0 Å². The predicted octanol–water partition coefficient (Wildman–Crippen LogP) is 6.25. The molecular formula is C26H34N2O. The Morgan fingerprint density at radius 2 is 1.93 bits per heavy atom. The molecule has 2 aromatic carbocycles. The molecule has 1 saturated heterocycles. The van der Waals surface area contributed by atoms with Crippen molar-refractivity contribution in [3.8, 4) is 0 Å². The molecule has 1 heterocycles. The van der Waals surface area contributed by atoms with Crippen LogP contribution in [0.5, 0.6) is 0 Å². The number of piperidine rings is 1. The molecule has 0 spiro atoms. The van der Waals surface area contributed by atoms with Crippen LogP contribution >= 0.6 is 0 Å². The molecule has 0 aliphatic carbocycles. The standard InChI is InChI=1S/C26H34N2O/c1-5-21-13-15-23(16-14-21)26(29-20(2)3)27-25-12-7-6-10-22(25)17-18-24-11-8-9-19-28(24)4/h5-7,10,12-16,20,24H,1,8-9,11,17-19H2,2-4H3. The van der Waals surface area contributed by atoms with E-state index in [0.29, 0.717) is 11.9 Å². The number of nitrogens with zero attached hydrogens (tertiary/aromatic N) is 2. The van der Waals surface area contributed by atoms with Crippen molar-refractivity contribution in [1.29, 1.82) is 0 Å². The number of rotatable bonds is 7. The lowest BCUT2D eigenvalue weighted by molar-refractivity contribution is 0.176. The highest BCUT2D eigenvalue weighted by Gasteiger charge is 2.19. The summed E-state index contributed by atoms with van der Waals surface area (Å²) in [7, 11) is 2.26. The number of para-hydroxylation sites is 1. The van der Waals surface area contributed by atoms with Crippen LogP contribution in [-0.2, 0) is 11.2 Å². The number of benzene rings is 2. The molecule has 1 aliphatic heterocycles. The second-order valence-corrected chi connectivity index (χ2v) is 8.21. The minimum atomic E-state index is 0.0656. The van der Waals surface area contributed by atoms with Gasteiger partial charge in [0.15, 0.2) is 0 Å². The van der Waals surface area contributed by atoms with Crippen molar-refractivity contribution in [2.75, 3.05) is 13.6 Å². The number of aryl methyl sites for hydroxylation is 1. The third-order valence-electron chi connectivity index (χ3n) is 5.62. The van der Waals surface area contributed by atoms with Crippen LogP contribution in [-0.4, -0.2) is 36.5 Å². The van der Waals surface area contributed by atoms with Crippen molar-refractivity contribution >= 4 is 17.7 Å². The first-order chi connectivity index (χ1) is 14.1. The summed E-state index contributed by atoms with van der Waals surface area (Å²) in [6.45, 7) is 9.13. The van der Waals surface area contributed by atoms with Gasteiger partial charge in [0.2, 0.25) is 5.90 Å². The van der Waals surface area contributed by atoms with Crippen molar-refractivity contribution in [2.45, 2.75) is 58.1 Å². The molecule has 1 atom stereocenters. The SMILES string of the molecule is C=Cc1ccc(C(=Nc2ccccc2CCC2CCCCN2C)OC(C)C)cc1. The van der Waals surface area contributed by atoms with Gasteiger partial charge in [-0.25, -0.2) is 4.99 Å². The molecular weight excluding hydrogens is 356 g/mol. The Bertz CT molecular complexity index is 823. The topological polar surface area (TPSA) is 24.8 Å². The van der Waals surface area contributed by atoms with E-state index in [0.717, 1.165) is 23.2 Å². The van der Waals surface area contributed by atoms with Gasteiger partial charge in [-0.05, 0) is 82.4 Å². The van der Waals surface area contributed by atoms with Crippen LogP contribution in [0.15, 0.2) is 60.1 Å². The highest BCUT2D eigenvalue weighted by Crippen LogP contribution is 2.26. The Kier molecular flexibility index (Phi) is 7.65. The molecule has 0 aromatic heterocycles. The van der Waals surface area contributed by atoms with Gasteiger partial charge in [0.1, 0.15) is 0 Å². The summed E-state index contributed by atoms with van der Waals surface area (Å²) in [5.41, 5.74) is 4.38. The van der Waals surface area contributed by atoms with E-state index in [-0.39, 0.29) is 6.10 Å². The average molecular weight is 391 g/mol. The molecule has 0 radical (unpaired) electrons. The zero-order valence-corrected chi connectivity index (χ0v) is 18.1. The maximum Gasteiger partial charge on any atom is 0.221 e. The van der Waals surface area contributed by atoms with Crippen LogP contribution in [0.2, 0.25) is 0 Å². The molecule has 0 saturated carbocycles. The molecule has 0 bridgehead atoms. The smallest absolute Gasteiger partial charge is 0.221 e. The average Bonchev–Trinajstić information content (AvgIpc) is 2.73. The van der Waals surface area contributed by atoms with E-state index in [1.807, 2.05) is 32.1 Å². The molecule has 154 valence electrons. The van der Waals surface area contributed by atoms with Crippen molar-refractivity contribution < 1.29 is 4.74 Å².